The van der Waals surface area contributed by atoms with E-state index >= 15 is 0 Å². The van der Waals surface area contributed by atoms with Crippen LogP contribution in [0.2, 0.25) is 0 Å². The molecule has 3 N–H and O–H groups in total. The maximum Gasteiger partial charge on any atom is 0.407 e. The lowest BCUT2D eigenvalue weighted by Gasteiger charge is -2.20. The van der Waals surface area contributed by atoms with Crippen LogP contribution in [0.1, 0.15) is 31.2 Å². The van der Waals surface area contributed by atoms with Crippen LogP contribution in [-0.4, -0.2) is 43.2 Å². The van der Waals surface area contributed by atoms with Gasteiger partial charge in [-0.25, -0.2) is 9.78 Å². The Balaban J connectivity index is 1.67. The van der Waals surface area contributed by atoms with Crippen molar-refractivity contribution in [3.8, 4) is 5.75 Å². The maximum absolute atomic E-state index is 12.0. The quantitative estimate of drug-likeness (QED) is 0.414. The van der Waals surface area contributed by atoms with Gasteiger partial charge in [0.2, 0.25) is 5.91 Å². The molecule has 0 fully saturated rings. The van der Waals surface area contributed by atoms with Gasteiger partial charge in [0.1, 0.15) is 18.5 Å². The summed E-state index contributed by atoms with van der Waals surface area (Å²) >= 11 is 0. The third-order valence-corrected chi connectivity index (χ3v) is 4.83. The lowest BCUT2D eigenvalue weighted by atomic mass is 10.1. The molecule has 174 valence electrons. The van der Waals surface area contributed by atoms with E-state index in [-0.39, 0.29) is 19.0 Å². The van der Waals surface area contributed by atoms with E-state index in [2.05, 4.69) is 20.9 Å². The lowest BCUT2D eigenvalue weighted by molar-refractivity contribution is -0.120. The number of nitrogens with zero attached hydrogens (tertiary/aromatic N) is 1. The molecule has 8 heteroatoms. The van der Waals surface area contributed by atoms with Crippen molar-refractivity contribution in [1.29, 1.82) is 0 Å². The molecule has 8 nitrogen and oxygen atoms in total. The minimum absolute atomic E-state index is 0.116. The highest BCUT2D eigenvalue weighted by atomic mass is 16.6. The Hall–Kier alpha value is -3.65. The van der Waals surface area contributed by atoms with Crippen LogP contribution in [0.25, 0.3) is 10.9 Å². The molecule has 3 rings (SSSR count). The van der Waals surface area contributed by atoms with Crippen LogP contribution in [0.5, 0.6) is 5.75 Å². The van der Waals surface area contributed by atoms with E-state index in [0.717, 1.165) is 22.2 Å². The monoisotopic (exact) mass is 450 g/mol. The van der Waals surface area contributed by atoms with Crippen LogP contribution in [0, 0.1) is 0 Å². The lowest BCUT2D eigenvalue weighted by Crippen LogP contribution is -2.37. The Bertz CT molecular complexity index is 1070. The molecule has 0 unspecified atom stereocenters. The zero-order valence-electron chi connectivity index (χ0n) is 19.0. The van der Waals surface area contributed by atoms with Crippen molar-refractivity contribution in [2.45, 2.75) is 26.6 Å². The van der Waals surface area contributed by atoms with Gasteiger partial charge in [0.05, 0.1) is 17.8 Å². The van der Waals surface area contributed by atoms with E-state index in [1.807, 2.05) is 74.5 Å². The molecule has 0 aliphatic carbocycles. The zero-order valence-corrected chi connectivity index (χ0v) is 19.0. The highest BCUT2D eigenvalue weighted by molar-refractivity contribution is 5.78. The summed E-state index contributed by atoms with van der Waals surface area (Å²) in [5, 5.41) is 9.48. The molecule has 2 amide bonds. The minimum Gasteiger partial charge on any atom is -0.487 e. The van der Waals surface area contributed by atoms with Crippen molar-refractivity contribution < 1.29 is 19.1 Å². The Morgan fingerprint density at radius 3 is 2.61 bits per heavy atom. The Kier molecular flexibility index (Phi) is 9.02. The molecule has 0 radical (unpaired) electrons. The molecule has 0 bridgehead atoms. The van der Waals surface area contributed by atoms with Gasteiger partial charge in [-0.2, -0.15) is 0 Å². The van der Waals surface area contributed by atoms with Gasteiger partial charge in [0.15, 0.2) is 0 Å². The van der Waals surface area contributed by atoms with E-state index < -0.39 is 12.2 Å². The number of pyridine rings is 1. The molecule has 0 aliphatic heterocycles. The molecule has 33 heavy (non-hydrogen) atoms. The largest absolute Gasteiger partial charge is 0.487 e. The summed E-state index contributed by atoms with van der Waals surface area (Å²) in [6.45, 7) is 5.42. The van der Waals surface area contributed by atoms with Crippen molar-refractivity contribution >= 4 is 22.9 Å². The summed E-state index contributed by atoms with van der Waals surface area (Å²) in [5.41, 5.74) is 2.49. The summed E-state index contributed by atoms with van der Waals surface area (Å²) < 4.78 is 11.5. The zero-order chi connectivity index (χ0) is 23.5. The second-order valence-electron chi connectivity index (χ2n) is 7.37. The highest BCUT2D eigenvalue weighted by Crippen LogP contribution is 2.23. The normalized spacial score (nSPS) is 11.6. The molecule has 1 aromatic heterocycles. The molecule has 1 atom stereocenters. The first-order valence-corrected chi connectivity index (χ1v) is 11.1. The molecule has 1 heterocycles. The number of hydrogen-bond donors (Lipinski definition) is 3. The van der Waals surface area contributed by atoms with E-state index in [4.69, 9.17) is 9.47 Å². The SMILES string of the molecule is CCNC(=O)CNC[C@H](OC(=O)NCC)c1cccc(OCc2ccc3ccccc3n2)c1. The van der Waals surface area contributed by atoms with Crippen LogP contribution < -0.4 is 20.7 Å². The average Bonchev–Trinajstić information content (AvgIpc) is 2.82. The second-order valence-corrected chi connectivity index (χ2v) is 7.37. The van der Waals surface area contributed by atoms with Crippen LogP contribution in [-0.2, 0) is 16.1 Å². The van der Waals surface area contributed by atoms with Crippen molar-refractivity contribution in [3.63, 3.8) is 0 Å². The standard InChI is InChI=1S/C25H30N4O4/c1-3-27-24(30)16-26-15-23(33-25(31)28-4-2)19-9-7-10-21(14-19)32-17-20-13-12-18-8-5-6-11-22(18)29-20/h5-14,23,26H,3-4,15-17H2,1-2H3,(H,27,30)(H,28,31)/t23-/m0/s1. The van der Waals surface area contributed by atoms with E-state index in [9.17, 15) is 9.59 Å². The first-order chi connectivity index (χ1) is 16.1. The number of ether oxygens (including phenoxy) is 2. The number of benzene rings is 2. The van der Waals surface area contributed by atoms with Crippen molar-refractivity contribution in [3.05, 3.63) is 71.9 Å². The van der Waals surface area contributed by atoms with Gasteiger partial charge in [-0.05, 0) is 43.7 Å². The minimum atomic E-state index is -0.590. The van der Waals surface area contributed by atoms with E-state index in [1.165, 1.54) is 0 Å². The van der Waals surface area contributed by atoms with E-state index in [1.54, 1.807) is 0 Å². The van der Waals surface area contributed by atoms with Gasteiger partial charge in [0, 0.05) is 25.0 Å². The Labute approximate surface area is 193 Å². The van der Waals surface area contributed by atoms with Crippen LogP contribution in [0.15, 0.2) is 60.7 Å². The average molecular weight is 451 g/mol. The third-order valence-electron chi connectivity index (χ3n) is 4.83. The fourth-order valence-corrected chi connectivity index (χ4v) is 3.27. The number of amides is 2. The number of hydrogen-bond acceptors (Lipinski definition) is 6. The van der Waals surface area contributed by atoms with Gasteiger partial charge >= 0.3 is 6.09 Å². The van der Waals surface area contributed by atoms with Crippen LogP contribution in [0.4, 0.5) is 4.79 Å². The number of carbonyl (C=O) groups excluding carboxylic acids is 2. The number of aromatic nitrogens is 1. The summed E-state index contributed by atoms with van der Waals surface area (Å²) in [5.74, 6) is 0.518. The predicted octanol–water partition coefficient (Wildman–Crippen LogP) is 3.33. The van der Waals surface area contributed by atoms with Crippen molar-refractivity contribution in [2.24, 2.45) is 0 Å². The summed E-state index contributed by atoms with van der Waals surface area (Å²) in [4.78, 5) is 28.4. The van der Waals surface area contributed by atoms with Gasteiger partial charge in [-0.15, -0.1) is 0 Å². The molecule has 0 saturated carbocycles. The number of nitrogens with one attached hydrogen (secondary N) is 3. The fourth-order valence-electron chi connectivity index (χ4n) is 3.27. The van der Waals surface area contributed by atoms with Gasteiger partial charge in [0.25, 0.3) is 0 Å². The third kappa shape index (κ3) is 7.47. The van der Waals surface area contributed by atoms with Crippen LogP contribution >= 0.6 is 0 Å². The number of likely N-dealkylation sites (N-methyl/N-ethyl adjacent to an activating group) is 1. The Morgan fingerprint density at radius 2 is 1.79 bits per heavy atom. The number of para-hydroxylation sites is 1. The topological polar surface area (TPSA) is 102 Å². The van der Waals surface area contributed by atoms with Crippen molar-refractivity contribution in [2.75, 3.05) is 26.2 Å². The highest BCUT2D eigenvalue weighted by Gasteiger charge is 2.17. The number of rotatable bonds is 11. The molecule has 0 aliphatic rings. The molecular formula is C25H30N4O4. The number of fused-ring (bicyclic) bond motifs is 1. The molecule has 2 aromatic carbocycles. The fraction of sp³-hybridized carbons (Fsp3) is 0.320. The maximum atomic E-state index is 12.0. The molecular weight excluding hydrogens is 420 g/mol. The summed E-state index contributed by atoms with van der Waals surface area (Å²) in [6.07, 6.45) is -1.11. The Morgan fingerprint density at radius 1 is 0.970 bits per heavy atom. The second kappa shape index (κ2) is 12.4. The van der Waals surface area contributed by atoms with Gasteiger partial charge < -0.3 is 25.4 Å². The number of carbonyl (C=O) groups is 2. The molecule has 3 aromatic rings. The predicted molar refractivity (Wildman–Crippen MR) is 127 cm³/mol. The van der Waals surface area contributed by atoms with E-state index in [0.29, 0.717) is 25.4 Å². The summed E-state index contributed by atoms with van der Waals surface area (Å²) in [7, 11) is 0. The van der Waals surface area contributed by atoms with Crippen LogP contribution in [0.3, 0.4) is 0 Å². The van der Waals surface area contributed by atoms with Gasteiger partial charge in [-0.1, -0.05) is 36.4 Å². The smallest absolute Gasteiger partial charge is 0.407 e. The first-order valence-electron chi connectivity index (χ1n) is 11.1. The van der Waals surface area contributed by atoms with Gasteiger partial charge in [-0.3, -0.25) is 4.79 Å². The first kappa shape index (κ1) is 24.0. The van der Waals surface area contributed by atoms with Crippen molar-refractivity contribution in [1.82, 2.24) is 20.9 Å². The molecule has 0 saturated heterocycles. The molecule has 0 spiro atoms. The summed E-state index contributed by atoms with van der Waals surface area (Å²) in [6, 6.07) is 19.3. The number of alkyl carbamates (subject to hydrolysis) is 1.